The summed E-state index contributed by atoms with van der Waals surface area (Å²) in [5.74, 6) is 1.36. The van der Waals surface area contributed by atoms with Crippen LogP contribution in [0.5, 0.6) is 0 Å². The van der Waals surface area contributed by atoms with E-state index in [2.05, 4.69) is 25.5 Å². The van der Waals surface area contributed by atoms with E-state index in [1.165, 1.54) is 11.3 Å². The third-order valence-corrected chi connectivity index (χ3v) is 5.58. The van der Waals surface area contributed by atoms with Crippen molar-refractivity contribution in [2.45, 2.75) is 13.8 Å². The number of aromatic nitrogens is 2. The Labute approximate surface area is 173 Å². The lowest BCUT2D eigenvalue weighted by Crippen LogP contribution is -2.36. The van der Waals surface area contributed by atoms with Crippen LogP contribution in [0.1, 0.15) is 20.9 Å². The van der Waals surface area contributed by atoms with Crippen molar-refractivity contribution in [3.05, 3.63) is 57.9 Å². The van der Waals surface area contributed by atoms with Gasteiger partial charge in [-0.05, 0) is 55.1 Å². The highest BCUT2D eigenvalue weighted by Gasteiger charge is 2.14. The Morgan fingerprint density at radius 1 is 1.07 bits per heavy atom. The van der Waals surface area contributed by atoms with Gasteiger partial charge in [-0.25, -0.2) is 4.98 Å². The number of ether oxygens (including phenoxy) is 1. The van der Waals surface area contributed by atoms with Gasteiger partial charge in [-0.1, -0.05) is 0 Å². The summed E-state index contributed by atoms with van der Waals surface area (Å²) in [7, 11) is 0. The summed E-state index contributed by atoms with van der Waals surface area (Å²) >= 11 is 1.44. The van der Waals surface area contributed by atoms with Gasteiger partial charge in [-0.3, -0.25) is 4.79 Å². The number of rotatable bonds is 5. The molecule has 7 nitrogen and oxygen atoms in total. The first-order chi connectivity index (χ1) is 14.1. The van der Waals surface area contributed by atoms with E-state index in [0.29, 0.717) is 24.0 Å². The summed E-state index contributed by atoms with van der Waals surface area (Å²) in [5, 5.41) is 8.13. The molecule has 2 aromatic heterocycles. The molecule has 0 radical (unpaired) electrons. The van der Waals surface area contributed by atoms with Gasteiger partial charge in [0.05, 0.1) is 18.1 Å². The van der Waals surface area contributed by atoms with Gasteiger partial charge in [0.2, 0.25) is 5.95 Å². The van der Waals surface area contributed by atoms with Crippen LogP contribution in [0.25, 0.3) is 0 Å². The normalized spacial score (nSPS) is 13.9. The van der Waals surface area contributed by atoms with E-state index in [0.717, 1.165) is 41.5 Å². The van der Waals surface area contributed by atoms with Gasteiger partial charge in [0.1, 0.15) is 5.82 Å². The molecule has 1 aliphatic rings. The third kappa shape index (κ3) is 4.90. The molecule has 8 heteroatoms. The largest absolute Gasteiger partial charge is 0.378 e. The summed E-state index contributed by atoms with van der Waals surface area (Å²) in [5.41, 5.74) is 3.59. The first-order valence-corrected chi connectivity index (χ1v) is 10.4. The number of hydrogen-bond donors (Lipinski definition) is 2. The quantitative estimate of drug-likeness (QED) is 0.663. The van der Waals surface area contributed by atoms with E-state index in [1.54, 1.807) is 0 Å². The minimum atomic E-state index is -0.0963. The Hall–Kier alpha value is -2.97. The van der Waals surface area contributed by atoms with Crippen LogP contribution >= 0.6 is 11.3 Å². The summed E-state index contributed by atoms with van der Waals surface area (Å²) in [6.45, 7) is 7.02. The van der Waals surface area contributed by atoms with Crippen molar-refractivity contribution in [1.82, 2.24) is 9.97 Å². The van der Waals surface area contributed by atoms with Crippen LogP contribution in [0, 0.1) is 13.8 Å². The van der Waals surface area contributed by atoms with Crippen molar-refractivity contribution in [3.8, 4) is 0 Å². The molecular weight excluding hydrogens is 386 g/mol. The fourth-order valence-electron chi connectivity index (χ4n) is 3.07. The highest BCUT2D eigenvalue weighted by atomic mass is 32.1. The molecule has 4 rings (SSSR count). The van der Waals surface area contributed by atoms with Gasteiger partial charge in [0.25, 0.3) is 5.91 Å². The number of amides is 1. The number of carbonyl (C=O) groups is 1. The number of benzene rings is 1. The average molecular weight is 410 g/mol. The zero-order chi connectivity index (χ0) is 20.2. The number of aryl methyl sites for hydroxylation is 2. The number of hydrogen-bond acceptors (Lipinski definition) is 7. The van der Waals surface area contributed by atoms with E-state index in [4.69, 9.17) is 4.74 Å². The first kappa shape index (κ1) is 19.4. The second kappa shape index (κ2) is 8.59. The molecular formula is C21H23N5O2S. The Morgan fingerprint density at radius 2 is 1.79 bits per heavy atom. The number of morpholine rings is 1. The molecule has 3 aromatic rings. The summed E-state index contributed by atoms with van der Waals surface area (Å²) in [6, 6.07) is 11.4. The molecule has 3 heterocycles. The maximum absolute atomic E-state index is 12.3. The van der Waals surface area contributed by atoms with Crippen molar-refractivity contribution in [1.29, 1.82) is 0 Å². The maximum Gasteiger partial charge on any atom is 0.265 e. The van der Waals surface area contributed by atoms with E-state index in [1.807, 2.05) is 55.6 Å². The second-order valence-electron chi connectivity index (χ2n) is 6.94. The number of carbonyl (C=O) groups excluding carboxylic acids is 1. The fourth-order valence-corrected chi connectivity index (χ4v) is 3.86. The van der Waals surface area contributed by atoms with Gasteiger partial charge in [-0.2, -0.15) is 4.98 Å². The zero-order valence-electron chi connectivity index (χ0n) is 16.4. The van der Waals surface area contributed by atoms with Gasteiger partial charge >= 0.3 is 0 Å². The van der Waals surface area contributed by atoms with Crippen LogP contribution in [0.3, 0.4) is 0 Å². The Kier molecular flexibility index (Phi) is 5.73. The van der Waals surface area contributed by atoms with Gasteiger partial charge in [0, 0.05) is 36.2 Å². The molecule has 29 heavy (non-hydrogen) atoms. The SMILES string of the molecule is Cc1csc(C(=O)Nc2ccc(Nc3nc(C)cc(N4CCOCC4)n3)cc2)c1. The molecule has 1 aromatic carbocycles. The number of nitrogens with zero attached hydrogens (tertiary/aromatic N) is 3. The second-order valence-corrected chi connectivity index (χ2v) is 7.85. The highest BCUT2D eigenvalue weighted by Crippen LogP contribution is 2.21. The Bertz CT molecular complexity index is 997. The number of thiophene rings is 1. The van der Waals surface area contributed by atoms with Crippen molar-refractivity contribution < 1.29 is 9.53 Å². The van der Waals surface area contributed by atoms with E-state index in [-0.39, 0.29) is 5.91 Å². The number of nitrogens with one attached hydrogen (secondary N) is 2. The minimum Gasteiger partial charge on any atom is -0.378 e. The molecule has 0 saturated carbocycles. The molecule has 0 bridgehead atoms. The molecule has 0 spiro atoms. The zero-order valence-corrected chi connectivity index (χ0v) is 17.3. The van der Waals surface area contributed by atoms with Crippen LogP contribution in [-0.4, -0.2) is 42.2 Å². The molecule has 1 fully saturated rings. The predicted octanol–water partition coefficient (Wildman–Crippen LogP) is 3.99. The molecule has 1 amide bonds. The van der Waals surface area contributed by atoms with Crippen LogP contribution in [-0.2, 0) is 4.74 Å². The van der Waals surface area contributed by atoms with Crippen LogP contribution in [0.2, 0.25) is 0 Å². The fraction of sp³-hybridized carbons (Fsp3) is 0.286. The van der Waals surface area contributed by atoms with Crippen LogP contribution in [0.4, 0.5) is 23.1 Å². The van der Waals surface area contributed by atoms with E-state index >= 15 is 0 Å². The Balaban J connectivity index is 1.43. The molecule has 1 aliphatic heterocycles. The summed E-state index contributed by atoms with van der Waals surface area (Å²) in [4.78, 5) is 24.3. The van der Waals surface area contributed by atoms with Gasteiger partial charge < -0.3 is 20.3 Å². The van der Waals surface area contributed by atoms with Crippen LogP contribution < -0.4 is 15.5 Å². The van der Waals surface area contributed by atoms with Crippen molar-refractivity contribution in [2.24, 2.45) is 0 Å². The first-order valence-electron chi connectivity index (χ1n) is 9.49. The Morgan fingerprint density at radius 3 is 2.48 bits per heavy atom. The van der Waals surface area contributed by atoms with Crippen LogP contribution in [0.15, 0.2) is 41.8 Å². The van der Waals surface area contributed by atoms with Crippen molar-refractivity contribution in [2.75, 3.05) is 41.8 Å². The molecule has 150 valence electrons. The predicted molar refractivity (Wildman–Crippen MR) is 117 cm³/mol. The monoisotopic (exact) mass is 409 g/mol. The van der Waals surface area contributed by atoms with E-state index in [9.17, 15) is 4.79 Å². The van der Waals surface area contributed by atoms with E-state index < -0.39 is 0 Å². The molecule has 0 aliphatic carbocycles. The minimum absolute atomic E-state index is 0.0963. The molecule has 0 atom stereocenters. The molecule has 1 saturated heterocycles. The lowest BCUT2D eigenvalue weighted by atomic mass is 10.2. The molecule has 2 N–H and O–H groups in total. The third-order valence-electron chi connectivity index (χ3n) is 4.53. The standard InChI is InChI=1S/C21H23N5O2S/c1-14-11-18(29-13-14)20(27)23-16-3-5-17(6-4-16)24-21-22-15(2)12-19(25-21)26-7-9-28-10-8-26/h3-6,11-13H,7-10H2,1-2H3,(H,23,27)(H,22,24,25). The van der Waals surface area contributed by atoms with Gasteiger partial charge in [-0.15, -0.1) is 11.3 Å². The highest BCUT2D eigenvalue weighted by molar-refractivity contribution is 7.12. The summed E-state index contributed by atoms with van der Waals surface area (Å²) in [6.07, 6.45) is 0. The maximum atomic E-state index is 12.3. The lowest BCUT2D eigenvalue weighted by Gasteiger charge is -2.28. The number of anilines is 4. The average Bonchev–Trinajstić information content (AvgIpc) is 3.16. The van der Waals surface area contributed by atoms with Crippen molar-refractivity contribution >= 4 is 40.4 Å². The topological polar surface area (TPSA) is 79.4 Å². The lowest BCUT2D eigenvalue weighted by molar-refractivity contribution is 0.103. The molecule has 0 unspecified atom stereocenters. The van der Waals surface area contributed by atoms with Gasteiger partial charge in [0.15, 0.2) is 0 Å². The van der Waals surface area contributed by atoms with Crippen molar-refractivity contribution in [3.63, 3.8) is 0 Å². The summed E-state index contributed by atoms with van der Waals surface area (Å²) < 4.78 is 5.42. The smallest absolute Gasteiger partial charge is 0.265 e.